The topological polar surface area (TPSA) is 113 Å². The van der Waals surface area contributed by atoms with Crippen LogP contribution in [-0.4, -0.2) is 36.4 Å². The van der Waals surface area contributed by atoms with Gasteiger partial charge in [0.15, 0.2) is 0 Å². The van der Waals surface area contributed by atoms with Gasteiger partial charge in [0.1, 0.15) is 0 Å². The molecule has 142 valence electrons. The maximum atomic E-state index is 11.9. The summed E-state index contributed by atoms with van der Waals surface area (Å²) in [4.78, 5) is 33.7. The summed E-state index contributed by atoms with van der Waals surface area (Å²) in [5, 5.41) is 19.0. The molecule has 1 saturated carbocycles. The Morgan fingerprint density at radius 2 is 1.69 bits per heavy atom. The van der Waals surface area contributed by atoms with Crippen molar-refractivity contribution in [2.75, 3.05) is 25.0 Å². The van der Waals surface area contributed by atoms with E-state index in [2.05, 4.69) is 16.0 Å². The van der Waals surface area contributed by atoms with E-state index in [1.54, 1.807) is 12.1 Å². The first-order chi connectivity index (χ1) is 12.5. The minimum absolute atomic E-state index is 0.0108. The standard InChI is InChI=1S/C18H26N4O4/c23-17(12-14-4-2-1-3-5-14)21-13-18(24)20-11-10-19-15-6-8-16(9-7-15)22(25)26/h6-9,14,19H,1-5,10-13H2,(H,20,24)(H,21,23). The van der Waals surface area contributed by atoms with Gasteiger partial charge < -0.3 is 16.0 Å². The fourth-order valence-corrected chi connectivity index (χ4v) is 3.08. The minimum atomic E-state index is -0.452. The van der Waals surface area contributed by atoms with Crippen LogP contribution in [0.4, 0.5) is 11.4 Å². The van der Waals surface area contributed by atoms with Crippen LogP contribution in [-0.2, 0) is 9.59 Å². The number of hydrogen-bond donors (Lipinski definition) is 3. The van der Waals surface area contributed by atoms with Crippen LogP contribution in [0.3, 0.4) is 0 Å². The molecule has 0 unspecified atom stereocenters. The molecule has 8 heteroatoms. The number of nitrogens with zero attached hydrogens (tertiary/aromatic N) is 1. The zero-order valence-corrected chi connectivity index (χ0v) is 14.8. The van der Waals surface area contributed by atoms with Crippen molar-refractivity contribution in [3.05, 3.63) is 34.4 Å². The van der Waals surface area contributed by atoms with Gasteiger partial charge in [-0.2, -0.15) is 0 Å². The van der Waals surface area contributed by atoms with E-state index in [0.717, 1.165) is 18.5 Å². The molecule has 0 aromatic heterocycles. The Morgan fingerprint density at radius 3 is 2.35 bits per heavy atom. The Kier molecular flexibility index (Phi) is 7.85. The lowest BCUT2D eigenvalue weighted by Crippen LogP contribution is -2.39. The molecule has 2 rings (SSSR count). The third-order valence-electron chi connectivity index (χ3n) is 4.50. The van der Waals surface area contributed by atoms with E-state index in [1.165, 1.54) is 31.4 Å². The van der Waals surface area contributed by atoms with Gasteiger partial charge >= 0.3 is 0 Å². The molecule has 0 aliphatic heterocycles. The van der Waals surface area contributed by atoms with E-state index in [-0.39, 0.29) is 24.0 Å². The summed E-state index contributed by atoms with van der Waals surface area (Å²) in [6, 6.07) is 6.07. The summed E-state index contributed by atoms with van der Waals surface area (Å²) in [7, 11) is 0. The SMILES string of the molecule is O=C(CNC(=O)CC1CCCCC1)NCCNc1ccc([N+](=O)[O-])cc1. The number of hydrogen-bond acceptors (Lipinski definition) is 5. The number of nitrogens with one attached hydrogen (secondary N) is 3. The van der Waals surface area contributed by atoms with Crippen molar-refractivity contribution in [3.63, 3.8) is 0 Å². The number of nitro groups is 1. The fourth-order valence-electron chi connectivity index (χ4n) is 3.08. The molecule has 0 bridgehead atoms. The van der Waals surface area contributed by atoms with Crippen molar-refractivity contribution in [2.24, 2.45) is 5.92 Å². The van der Waals surface area contributed by atoms with E-state index in [1.807, 2.05) is 0 Å². The predicted molar refractivity (Wildman–Crippen MR) is 98.8 cm³/mol. The van der Waals surface area contributed by atoms with E-state index >= 15 is 0 Å². The molecule has 3 N–H and O–H groups in total. The monoisotopic (exact) mass is 362 g/mol. The Hall–Kier alpha value is -2.64. The van der Waals surface area contributed by atoms with Crippen molar-refractivity contribution in [3.8, 4) is 0 Å². The lowest BCUT2D eigenvalue weighted by atomic mass is 9.87. The highest BCUT2D eigenvalue weighted by atomic mass is 16.6. The molecule has 1 aromatic carbocycles. The van der Waals surface area contributed by atoms with E-state index < -0.39 is 4.92 Å². The van der Waals surface area contributed by atoms with Crippen molar-refractivity contribution in [1.82, 2.24) is 10.6 Å². The predicted octanol–water partition coefficient (Wildman–Crippen LogP) is 2.21. The number of nitro benzene ring substituents is 1. The maximum absolute atomic E-state index is 11.9. The summed E-state index contributed by atoms with van der Waals surface area (Å²) in [6.07, 6.45) is 6.37. The molecule has 1 aliphatic carbocycles. The van der Waals surface area contributed by atoms with Crippen LogP contribution in [0, 0.1) is 16.0 Å². The Balaban J connectivity index is 1.55. The van der Waals surface area contributed by atoms with E-state index in [4.69, 9.17) is 0 Å². The van der Waals surface area contributed by atoms with Crippen LogP contribution < -0.4 is 16.0 Å². The van der Waals surface area contributed by atoms with Gasteiger partial charge in [0, 0.05) is 37.3 Å². The molecule has 0 radical (unpaired) electrons. The number of carbonyl (C=O) groups is 2. The first-order valence-electron chi connectivity index (χ1n) is 9.06. The number of rotatable bonds is 9. The summed E-state index contributed by atoms with van der Waals surface area (Å²) in [6.45, 7) is 0.872. The molecule has 2 amide bonds. The lowest BCUT2D eigenvalue weighted by Gasteiger charge is -2.20. The van der Waals surface area contributed by atoms with Crippen molar-refractivity contribution in [2.45, 2.75) is 38.5 Å². The number of carbonyl (C=O) groups excluding carboxylic acids is 2. The van der Waals surface area contributed by atoms with Crippen LogP contribution in [0.1, 0.15) is 38.5 Å². The maximum Gasteiger partial charge on any atom is 0.269 e. The Bertz CT molecular complexity index is 612. The zero-order chi connectivity index (χ0) is 18.8. The average Bonchev–Trinajstić information content (AvgIpc) is 2.65. The van der Waals surface area contributed by atoms with Gasteiger partial charge in [0.25, 0.3) is 5.69 Å². The fraction of sp³-hybridized carbons (Fsp3) is 0.556. The van der Waals surface area contributed by atoms with Crippen molar-refractivity contribution >= 4 is 23.2 Å². The molecule has 0 saturated heterocycles. The van der Waals surface area contributed by atoms with E-state index in [9.17, 15) is 19.7 Å². The smallest absolute Gasteiger partial charge is 0.269 e. The number of non-ortho nitro benzene ring substituents is 1. The second-order valence-electron chi connectivity index (χ2n) is 6.57. The minimum Gasteiger partial charge on any atom is -0.383 e. The molecule has 1 aromatic rings. The van der Waals surface area contributed by atoms with Crippen molar-refractivity contribution < 1.29 is 14.5 Å². The van der Waals surface area contributed by atoms with Gasteiger partial charge in [-0.05, 0) is 30.9 Å². The molecule has 0 atom stereocenters. The Morgan fingerprint density at radius 1 is 1.00 bits per heavy atom. The second-order valence-corrected chi connectivity index (χ2v) is 6.57. The highest BCUT2D eigenvalue weighted by Crippen LogP contribution is 2.25. The Labute approximate surface area is 152 Å². The van der Waals surface area contributed by atoms with Gasteiger partial charge in [0.2, 0.25) is 11.8 Å². The van der Waals surface area contributed by atoms with Crippen LogP contribution in [0.2, 0.25) is 0 Å². The molecule has 1 aliphatic rings. The lowest BCUT2D eigenvalue weighted by molar-refractivity contribution is -0.384. The molecular formula is C18H26N4O4. The van der Waals surface area contributed by atoms with Crippen LogP contribution in [0.25, 0.3) is 0 Å². The number of anilines is 1. The molecular weight excluding hydrogens is 336 g/mol. The zero-order valence-electron chi connectivity index (χ0n) is 14.8. The molecule has 1 fully saturated rings. The molecule has 0 heterocycles. The average molecular weight is 362 g/mol. The van der Waals surface area contributed by atoms with Gasteiger partial charge in [-0.15, -0.1) is 0 Å². The van der Waals surface area contributed by atoms with Crippen LogP contribution >= 0.6 is 0 Å². The summed E-state index contributed by atoms with van der Waals surface area (Å²) >= 11 is 0. The first kappa shape index (κ1) is 19.7. The third-order valence-corrected chi connectivity index (χ3v) is 4.50. The van der Waals surface area contributed by atoms with Gasteiger partial charge in [-0.1, -0.05) is 19.3 Å². The summed E-state index contributed by atoms with van der Waals surface area (Å²) < 4.78 is 0. The van der Waals surface area contributed by atoms with Gasteiger partial charge in [0.05, 0.1) is 11.5 Å². The van der Waals surface area contributed by atoms with Crippen LogP contribution in [0.15, 0.2) is 24.3 Å². The summed E-state index contributed by atoms with van der Waals surface area (Å²) in [5.74, 6) is 0.168. The number of benzene rings is 1. The van der Waals surface area contributed by atoms with E-state index in [0.29, 0.717) is 25.4 Å². The van der Waals surface area contributed by atoms with Gasteiger partial charge in [-0.3, -0.25) is 19.7 Å². The largest absolute Gasteiger partial charge is 0.383 e. The highest BCUT2D eigenvalue weighted by Gasteiger charge is 2.17. The second kappa shape index (κ2) is 10.4. The first-order valence-corrected chi connectivity index (χ1v) is 9.06. The molecule has 8 nitrogen and oxygen atoms in total. The quantitative estimate of drug-likeness (QED) is 0.354. The normalized spacial score (nSPS) is 14.5. The molecule has 26 heavy (non-hydrogen) atoms. The summed E-state index contributed by atoms with van der Waals surface area (Å²) in [5.41, 5.74) is 0.776. The van der Waals surface area contributed by atoms with Gasteiger partial charge in [-0.25, -0.2) is 0 Å². The third kappa shape index (κ3) is 7.08. The van der Waals surface area contributed by atoms with Crippen LogP contribution in [0.5, 0.6) is 0 Å². The highest BCUT2D eigenvalue weighted by molar-refractivity contribution is 5.84. The molecule has 0 spiro atoms. The number of amides is 2. The van der Waals surface area contributed by atoms with Crippen molar-refractivity contribution in [1.29, 1.82) is 0 Å².